The summed E-state index contributed by atoms with van der Waals surface area (Å²) in [5, 5.41) is 15.4. The van der Waals surface area contributed by atoms with Gasteiger partial charge in [-0.05, 0) is 32.9 Å². The Labute approximate surface area is 152 Å². The molecule has 0 bridgehead atoms. The van der Waals surface area contributed by atoms with Crippen LogP contribution in [0.15, 0.2) is 30.3 Å². The fourth-order valence-corrected chi connectivity index (χ4v) is 3.49. The van der Waals surface area contributed by atoms with Crippen molar-refractivity contribution in [2.75, 3.05) is 31.1 Å². The molecule has 1 aliphatic heterocycles. The predicted molar refractivity (Wildman–Crippen MR) is 98.3 cm³/mol. The number of aryl methyl sites for hydroxylation is 1. The number of rotatable bonds is 4. The van der Waals surface area contributed by atoms with Gasteiger partial charge in [-0.3, -0.25) is 19.6 Å². The zero-order valence-electron chi connectivity index (χ0n) is 15.3. The standard InChI is InChI=1S/C18H23N5O3/c1-13-17(23(25)26)14(2)22(19-13)15(3)18(24)21-11-9-20(10-12-21)16-7-5-4-6-8-16/h4-8,15H,9-12H2,1-3H3/t15-/m1/s1. The lowest BCUT2D eigenvalue weighted by Gasteiger charge is -2.37. The maximum atomic E-state index is 12.9. The number of benzene rings is 1. The molecule has 1 atom stereocenters. The van der Waals surface area contributed by atoms with Gasteiger partial charge in [0.05, 0.1) is 4.92 Å². The second kappa shape index (κ2) is 7.15. The lowest BCUT2D eigenvalue weighted by molar-refractivity contribution is -0.386. The lowest BCUT2D eigenvalue weighted by Crippen LogP contribution is -2.50. The van der Waals surface area contributed by atoms with Crippen molar-refractivity contribution >= 4 is 17.3 Å². The summed E-state index contributed by atoms with van der Waals surface area (Å²) in [6.45, 7) is 7.75. The number of hydrogen-bond donors (Lipinski definition) is 0. The van der Waals surface area contributed by atoms with Crippen LogP contribution >= 0.6 is 0 Å². The molecular weight excluding hydrogens is 334 g/mol. The Hall–Kier alpha value is -2.90. The van der Waals surface area contributed by atoms with Crippen LogP contribution in [-0.4, -0.2) is 51.7 Å². The normalized spacial score (nSPS) is 15.8. The predicted octanol–water partition coefficient (Wildman–Crippen LogP) is 2.32. The zero-order valence-corrected chi connectivity index (χ0v) is 15.3. The van der Waals surface area contributed by atoms with Crippen molar-refractivity contribution in [2.45, 2.75) is 26.8 Å². The number of nitro groups is 1. The molecule has 1 saturated heterocycles. The van der Waals surface area contributed by atoms with Crippen molar-refractivity contribution in [2.24, 2.45) is 0 Å². The average molecular weight is 357 g/mol. The largest absolute Gasteiger partial charge is 0.368 e. The Kier molecular flexibility index (Phi) is 4.92. The minimum Gasteiger partial charge on any atom is -0.368 e. The summed E-state index contributed by atoms with van der Waals surface area (Å²) in [6.07, 6.45) is 0. The topological polar surface area (TPSA) is 84.5 Å². The van der Waals surface area contributed by atoms with E-state index in [1.165, 1.54) is 4.68 Å². The van der Waals surface area contributed by atoms with Gasteiger partial charge in [-0.25, -0.2) is 0 Å². The fourth-order valence-electron chi connectivity index (χ4n) is 3.49. The number of aromatic nitrogens is 2. The molecule has 1 amide bonds. The summed E-state index contributed by atoms with van der Waals surface area (Å²) < 4.78 is 1.47. The van der Waals surface area contributed by atoms with E-state index in [1.54, 1.807) is 20.8 Å². The van der Waals surface area contributed by atoms with Crippen LogP contribution in [0.1, 0.15) is 24.4 Å². The Morgan fingerprint density at radius 1 is 1.15 bits per heavy atom. The first-order chi connectivity index (χ1) is 12.4. The maximum Gasteiger partial charge on any atom is 0.312 e. The van der Waals surface area contributed by atoms with Gasteiger partial charge in [0.2, 0.25) is 5.91 Å². The molecule has 2 aromatic rings. The average Bonchev–Trinajstić information content (AvgIpc) is 2.95. The van der Waals surface area contributed by atoms with E-state index in [-0.39, 0.29) is 11.6 Å². The molecule has 3 rings (SSSR count). The highest BCUT2D eigenvalue weighted by Crippen LogP contribution is 2.26. The zero-order chi connectivity index (χ0) is 18.8. The van der Waals surface area contributed by atoms with E-state index >= 15 is 0 Å². The van der Waals surface area contributed by atoms with Crippen LogP contribution in [0.2, 0.25) is 0 Å². The Morgan fingerprint density at radius 3 is 2.31 bits per heavy atom. The Morgan fingerprint density at radius 2 is 1.77 bits per heavy atom. The molecule has 0 spiro atoms. The number of para-hydroxylation sites is 1. The van der Waals surface area contributed by atoms with Gasteiger partial charge >= 0.3 is 5.69 Å². The smallest absolute Gasteiger partial charge is 0.312 e. The third-order valence-corrected chi connectivity index (χ3v) is 4.91. The molecule has 0 unspecified atom stereocenters. The molecule has 0 radical (unpaired) electrons. The highest BCUT2D eigenvalue weighted by Gasteiger charge is 2.30. The Bertz CT molecular complexity index is 810. The third kappa shape index (κ3) is 3.26. The molecule has 2 heterocycles. The van der Waals surface area contributed by atoms with E-state index in [4.69, 9.17) is 0 Å². The molecule has 8 nitrogen and oxygen atoms in total. The summed E-state index contributed by atoms with van der Waals surface area (Å²) in [4.78, 5) is 27.7. The van der Waals surface area contributed by atoms with Crippen molar-refractivity contribution in [3.8, 4) is 0 Å². The number of piperazine rings is 1. The van der Waals surface area contributed by atoms with Crippen LogP contribution in [-0.2, 0) is 4.79 Å². The first kappa shape index (κ1) is 17.9. The number of carbonyl (C=O) groups excluding carboxylic acids is 1. The molecule has 8 heteroatoms. The van der Waals surface area contributed by atoms with E-state index in [1.807, 2.05) is 23.1 Å². The van der Waals surface area contributed by atoms with Gasteiger partial charge < -0.3 is 9.80 Å². The molecule has 0 N–H and O–H groups in total. The molecule has 1 aliphatic rings. The van der Waals surface area contributed by atoms with E-state index in [0.717, 1.165) is 18.8 Å². The van der Waals surface area contributed by atoms with Crippen LogP contribution in [0.4, 0.5) is 11.4 Å². The van der Waals surface area contributed by atoms with Gasteiger partial charge in [0, 0.05) is 31.9 Å². The third-order valence-electron chi connectivity index (χ3n) is 4.91. The SMILES string of the molecule is Cc1nn([C@H](C)C(=O)N2CCN(c3ccccc3)CC2)c(C)c1[N+](=O)[O-]. The number of amides is 1. The highest BCUT2D eigenvalue weighted by atomic mass is 16.6. The van der Waals surface area contributed by atoms with Gasteiger partial charge in [0.15, 0.2) is 0 Å². The van der Waals surface area contributed by atoms with Crippen LogP contribution in [0.3, 0.4) is 0 Å². The van der Waals surface area contributed by atoms with Crippen molar-refractivity contribution in [1.29, 1.82) is 0 Å². The van der Waals surface area contributed by atoms with E-state index in [9.17, 15) is 14.9 Å². The molecule has 1 fully saturated rings. The van der Waals surface area contributed by atoms with Crippen molar-refractivity contribution in [1.82, 2.24) is 14.7 Å². The summed E-state index contributed by atoms with van der Waals surface area (Å²) in [5.74, 6) is -0.0572. The van der Waals surface area contributed by atoms with E-state index < -0.39 is 11.0 Å². The molecule has 0 aliphatic carbocycles. The molecule has 26 heavy (non-hydrogen) atoms. The summed E-state index contributed by atoms with van der Waals surface area (Å²) in [5.41, 5.74) is 1.89. The minimum absolute atomic E-state index is 0.0152. The second-order valence-corrected chi connectivity index (χ2v) is 6.54. The first-order valence-electron chi connectivity index (χ1n) is 8.69. The second-order valence-electron chi connectivity index (χ2n) is 6.54. The molecular formula is C18H23N5O3. The first-order valence-corrected chi connectivity index (χ1v) is 8.69. The van der Waals surface area contributed by atoms with Crippen molar-refractivity contribution in [3.05, 3.63) is 51.8 Å². The van der Waals surface area contributed by atoms with E-state index in [2.05, 4.69) is 22.1 Å². The monoisotopic (exact) mass is 357 g/mol. The van der Waals surface area contributed by atoms with Gasteiger partial charge in [0.1, 0.15) is 17.4 Å². The highest BCUT2D eigenvalue weighted by molar-refractivity contribution is 5.80. The number of hydrogen-bond acceptors (Lipinski definition) is 5. The number of anilines is 1. The number of carbonyl (C=O) groups is 1. The van der Waals surface area contributed by atoms with Gasteiger partial charge in [0.25, 0.3) is 0 Å². The van der Waals surface area contributed by atoms with Crippen LogP contribution < -0.4 is 4.90 Å². The summed E-state index contributed by atoms with van der Waals surface area (Å²) >= 11 is 0. The van der Waals surface area contributed by atoms with Gasteiger partial charge in [-0.1, -0.05) is 18.2 Å². The van der Waals surface area contributed by atoms with Gasteiger partial charge in [-0.15, -0.1) is 0 Å². The molecule has 1 aromatic heterocycles. The van der Waals surface area contributed by atoms with Crippen LogP contribution in [0.5, 0.6) is 0 Å². The molecule has 0 saturated carbocycles. The van der Waals surface area contributed by atoms with Crippen molar-refractivity contribution in [3.63, 3.8) is 0 Å². The molecule has 138 valence electrons. The minimum atomic E-state index is -0.564. The maximum absolute atomic E-state index is 12.9. The van der Waals surface area contributed by atoms with Gasteiger partial charge in [-0.2, -0.15) is 5.10 Å². The Balaban J connectivity index is 1.69. The van der Waals surface area contributed by atoms with Crippen LogP contribution in [0.25, 0.3) is 0 Å². The summed E-state index contributed by atoms with van der Waals surface area (Å²) in [6, 6.07) is 9.56. The summed E-state index contributed by atoms with van der Waals surface area (Å²) in [7, 11) is 0. The lowest BCUT2D eigenvalue weighted by atomic mass is 10.2. The number of nitrogens with zero attached hydrogens (tertiary/aromatic N) is 5. The van der Waals surface area contributed by atoms with E-state index in [0.29, 0.717) is 24.5 Å². The van der Waals surface area contributed by atoms with Crippen molar-refractivity contribution < 1.29 is 9.72 Å². The van der Waals surface area contributed by atoms with Crippen LogP contribution in [0, 0.1) is 24.0 Å². The quantitative estimate of drug-likeness (QED) is 0.619. The fraction of sp³-hybridized carbons (Fsp3) is 0.444. The molecule has 1 aromatic carbocycles.